The van der Waals surface area contributed by atoms with Crippen LogP contribution >= 0.6 is 0 Å². The minimum Gasteiger partial charge on any atom is -0.458 e. The topological polar surface area (TPSA) is 26.3 Å². The van der Waals surface area contributed by atoms with Gasteiger partial charge < -0.3 is 4.74 Å². The van der Waals surface area contributed by atoms with Gasteiger partial charge in [0.15, 0.2) is 0 Å². The van der Waals surface area contributed by atoms with Gasteiger partial charge in [0.05, 0.1) is 5.56 Å². The summed E-state index contributed by atoms with van der Waals surface area (Å²) >= 11 is 0. The SMILES string of the molecule is Cc1ccc2c(c1)C(=O)O[C@@H]1CCC[C@@H]21. The number of benzene rings is 1. The molecule has 1 aliphatic heterocycles. The zero-order chi connectivity index (χ0) is 10.4. The Morgan fingerprint density at radius 2 is 2.20 bits per heavy atom. The summed E-state index contributed by atoms with van der Waals surface area (Å²) in [7, 11) is 0. The van der Waals surface area contributed by atoms with E-state index in [-0.39, 0.29) is 12.1 Å². The smallest absolute Gasteiger partial charge is 0.338 e. The molecule has 2 heteroatoms. The number of fused-ring (bicyclic) bond motifs is 3. The van der Waals surface area contributed by atoms with Gasteiger partial charge in [-0.2, -0.15) is 0 Å². The highest BCUT2D eigenvalue weighted by Gasteiger charge is 2.38. The predicted octanol–water partition coefficient (Wildman–Crippen LogP) is 2.80. The van der Waals surface area contributed by atoms with Crippen molar-refractivity contribution < 1.29 is 9.53 Å². The number of aryl methyl sites for hydroxylation is 1. The first-order chi connectivity index (χ1) is 7.25. The average Bonchev–Trinajstić information content (AvgIpc) is 2.66. The Balaban J connectivity index is 2.14. The van der Waals surface area contributed by atoms with Gasteiger partial charge in [0.2, 0.25) is 0 Å². The maximum atomic E-state index is 11.8. The molecule has 2 atom stereocenters. The normalized spacial score (nSPS) is 28.2. The van der Waals surface area contributed by atoms with Crippen LogP contribution in [-0.2, 0) is 4.74 Å². The van der Waals surface area contributed by atoms with Crippen LogP contribution in [0.1, 0.15) is 46.7 Å². The zero-order valence-electron chi connectivity index (χ0n) is 8.82. The fourth-order valence-electron chi connectivity index (χ4n) is 2.79. The Labute approximate surface area is 89.2 Å². The molecule has 1 fully saturated rings. The molecule has 1 heterocycles. The van der Waals surface area contributed by atoms with Gasteiger partial charge in [-0.15, -0.1) is 0 Å². The lowest BCUT2D eigenvalue weighted by molar-refractivity contribution is 0.0228. The summed E-state index contributed by atoms with van der Waals surface area (Å²) in [6.45, 7) is 2.01. The van der Waals surface area contributed by atoms with E-state index in [1.165, 1.54) is 12.0 Å². The van der Waals surface area contributed by atoms with Gasteiger partial charge in [-0.1, -0.05) is 17.7 Å². The largest absolute Gasteiger partial charge is 0.458 e. The lowest BCUT2D eigenvalue weighted by atomic mass is 9.88. The number of carbonyl (C=O) groups is 1. The number of rotatable bonds is 0. The third kappa shape index (κ3) is 1.28. The van der Waals surface area contributed by atoms with E-state index < -0.39 is 0 Å². The van der Waals surface area contributed by atoms with E-state index in [2.05, 4.69) is 12.1 Å². The van der Waals surface area contributed by atoms with E-state index in [9.17, 15) is 4.79 Å². The van der Waals surface area contributed by atoms with E-state index >= 15 is 0 Å². The molecule has 0 bridgehead atoms. The van der Waals surface area contributed by atoms with Crippen molar-refractivity contribution in [2.45, 2.75) is 38.2 Å². The van der Waals surface area contributed by atoms with Crippen LogP contribution in [0.3, 0.4) is 0 Å². The Morgan fingerprint density at radius 1 is 1.33 bits per heavy atom. The van der Waals surface area contributed by atoms with Crippen molar-refractivity contribution >= 4 is 5.97 Å². The number of hydrogen-bond acceptors (Lipinski definition) is 2. The molecule has 0 radical (unpaired) electrons. The van der Waals surface area contributed by atoms with Crippen molar-refractivity contribution in [1.82, 2.24) is 0 Å². The molecule has 0 N–H and O–H groups in total. The standard InChI is InChI=1S/C13H14O2/c1-8-5-6-9-10-3-2-4-12(10)15-13(14)11(9)7-8/h5-7,10,12H,2-4H2,1H3/t10-,12+/m0/s1. The molecular weight excluding hydrogens is 188 g/mol. The van der Waals surface area contributed by atoms with E-state index in [4.69, 9.17) is 4.74 Å². The number of hydrogen-bond donors (Lipinski definition) is 0. The summed E-state index contributed by atoms with van der Waals surface area (Å²) in [5.74, 6) is 0.329. The van der Waals surface area contributed by atoms with Gasteiger partial charge in [-0.25, -0.2) is 4.79 Å². The Hall–Kier alpha value is -1.31. The van der Waals surface area contributed by atoms with Crippen molar-refractivity contribution in [2.24, 2.45) is 0 Å². The molecule has 0 spiro atoms. The number of carbonyl (C=O) groups excluding carboxylic acids is 1. The summed E-state index contributed by atoms with van der Waals surface area (Å²) in [5.41, 5.74) is 3.12. The van der Waals surface area contributed by atoms with Crippen LogP contribution in [0.15, 0.2) is 18.2 Å². The molecular formula is C13H14O2. The summed E-state index contributed by atoms with van der Waals surface area (Å²) in [6.07, 6.45) is 3.51. The van der Waals surface area contributed by atoms with Crippen molar-refractivity contribution in [3.05, 3.63) is 34.9 Å². The van der Waals surface area contributed by atoms with Crippen LogP contribution < -0.4 is 0 Å². The lowest BCUT2D eigenvalue weighted by Gasteiger charge is -2.28. The predicted molar refractivity (Wildman–Crippen MR) is 57.0 cm³/mol. The van der Waals surface area contributed by atoms with E-state index in [0.29, 0.717) is 5.92 Å². The molecule has 1 aliphatic carbocycles. The van der Waals surface area contributed by atoms with Gasteiger partial charge in [-0.05, 0) is 37.8 Å². The molecule has 2 nitrogen and oxygen atoms in total. The van der Waals surface area contributed by atoms with Gasteiger partial charge in [-0.3, -0.25) is 0 Å². The molecule has 0 amide bonds. The molecule has 3 rings (SSSR count). The molecule has 0 aromatic heterocycles. The van der Waals surface area contributed by atoms with E-state index in [1.807, 2.05) is 13.0 Å². The van der Waals surface area contributed by atoms with E-state index in [1.54, 1.807) is 0 Å². The Kier molecular flexibility index (Phi) is 1.84. The quantitative estimate of drug-likeness (QED) is 0.605. The molecule has 78 valence electrons. The van der Waals surface area contributed by atoms with E-state index in [0.717, 1.165) is 24.0 Å². The second kappa shape index (κ2) is 3.09. The zero-order valence-corrected chi connectivity index (χ0v) is 8.82. The minimum absolute atomic E-state index is 0.128. The third-order valence-electron chi connectivity index (χ3n) is 3.54. The van der Waals surface area contributed by atoms with Crippen LogP contribution in [0.5, 0.6) is 0 Å². The summed E-state index contributed by atoms with van der Waals surface area (Å²) in [4.78, 5) is 11.8. The molecule has 2 aliphatic rings. The highest BCUT2D eigenvalue weighted by Crippen LogP contribution is 2.42. The highest BCUT2D eigenvalue weighted by molar-refractivity contribution is 5.93. The molecule has 15 heavy (non-hydrogen) atoms. The molecule has 1 aromatic carbocycles. The number of esters is 1. The van der Waals surface area contributed by atoms with Crippen LogP contribution in [0.4, 0.5) is 0 Å². The van der Waals surface area contributed by atoms with Gasteiger partial charge in [0.1, 0.15) is 6.10 Å². The monoisotopic (exact) mass is 202 g/mol. The molecule has 1 saturated carbocycles. The Bertz CT molecular complexity index is 423. The first-order valence-electron chi connectivity index (χ1n) is 5.57. The molecule has 1 aromatic rings. The average molecular weight is 202 g/mol. The van der Waals surface area contributed by atoms with Crippen LogP contribution in [0.25, 0.3) is 0 Å². The number of ether oxygens (including phenoxy) is 1. The lowest BCUT2D eigenvalue weighted by Crippen LogP contribution is -2.28. The van der Waals surface area contributed by atoms with Crippen molar-refractivity contribution in [1.29, 1.82) is 0 Å². The van der Waals surface area contributed by atoms with Gasteiger partial charge in [0.25, 0.3) is 0 Å². The fraction of sp³-hybridized carbons (Fsp3) is 0.462. The van der Waals surface area contributed by atoms with Crippen molar-refractivity contribution in [2.75, 3.05) is 0 Å². The van der Waals surface area contributed by atoms with Crippen molar-refractivity contribution in [3.8, 4) is 0 Å². The van der Waals surface area contributed by atoms with Gasteiger partial charge >= 0.3 is 5.97 Å². The summed E-state index contributed by atoms with van der Waals surface area (Å²) in [5, 5.41) is 0. The van der Waals surface area contributed by atoms with Crippen LogP contribution in [0, 0.1) is 6.92 Å². The first-order valence-corrected chi connectivity index (χ1v) is 5.57. The second-order valence-electron chi connectivity index (χ2n) is 4.57. The molecule has 0 unspecified atom stereocenters. The second-order valence-corrected chi connectivity index (χ2v) is 4.57. The first kappa shape index (κ1) is 8.96. The van der Waals surface area contributed by atoms with Crippen molar-refractivity contribution in [3.63, 3.8) is 0 Å². The fourth-order valence-corrected chi connectivity index (χ4v) is 2.79. The molecule has 0 saturated heterocycles. The minimum atomic E-state index is -0.128. The maximum Gasteiger partial charge on any atom is 0.338 e. The summed E-state index contributed by atoms with van der Waals surface area (Å²) < 4.78 is 5.45. The maximum absolute atomic E-state index is 11.8. The van der Waals surface area contributed by atoms with Crippen LogP contribution in [-0.4, -0.2) is 12.1 Å². The Morgan fingerprint density at radius 3 is 3.07 bits per heavy atom. The van der Waals surface area contributed by atoms with Crippen LogP contribution in [0.2, 0.25) is 0 Å². The summed E-state index contributed by atoms with van der Waals surface area (Å²) in [6, 6.07) is 6.15. The highest BCUT2D eigenvalue weighted by atomic mass is 16.5. The third-order valence-corrected chi connectivity index (χ3v) is 3.54. The van der Waals surface area contributed by atoms with Gasteiger partial charge in [0, 0.05) is 5.92 Å².